The molecule has 0 aromatic heterocycles. The summed E-state index contributed by atoms with van der Waals surface area (Å²) in [5, 5.41) is 0. The van der Waals surface area contributed by atoms with Gasteiger partial charge < -0.3 is 0 Å². The standard InChI is InChI=1S/C21H20FNO3S/c1-13-18(10-14-4-7-16(8-5-14)27(3)25)17-9-6-15(22)11-20(17)19(13)12-21(24)23-26-2/h4-11H,12H2,1-3H3,(H,23,24)/b18-10-. The second-order valence-corrected chi connectivity index (χ2v) is 7.66. The van der Waals surface area contributed by atoms with Gasteiger partial charge in [0.2, 0.25) is 5.91 Å². The number of carbonyl (C=O) groups is 1. The Morgan fingerprint density at radius 1 is 1.19 bits per heavy atom. The second-order valence-electron chi connectivity index (χ2n) is 6.28. The van der Waals surface area contributed by atoms with Gasteiger partial charge in [-0.25, -0.2) is 9.87 Å². The van der Waals surface area contributed by atoms with Crippen molar-refractivity contribution < 1.29 is 18.2 Å². The summed E-state index contributed by atoms with van der Waals surface area (Å²) >= 11 is 0. The van der Waals surface area contributed by atoms with Gasteiger partial charge in [0, 0.05) is 22.0 Å². The van der Waals surface area contributed by atoms with E-state index < -0.39 is 10.8 Å². The Labute approximate surface area is 160 Å². The fraction of sp³-hybridized carbons (Fsp3) is 0.190. The van der Waals surface area contributed by atoms with Crippen LogP contribution in [0.4, 0.5) is 4.39 Å². The fourth-order valence-corrected chi connectivity index (χ4v) is 3.73. The number of rotatable bonds is 5. The molecule has 1 atom stereocenters. The largest absolute Gasteiger partial charge is 0.277 e. The number of hydrogen-bond acceptors (Lipinski definition) is 3. The normalized spacial score (nSPS) is 15.8. The predicted molar refractivity (Wildman–Crippen MR) is 105 cm³/mol. The molecule has 0 radical (unpaired) electrons. The molecule has 0 heterocycles. The molecule has 0 saturated carbocycles. The first-order chi connectivity index (χ1) is 12.9. The van der Waals surface area contributed by atoms with Crippen LogP contribution < -0.4 is 5.48 Å². The van der Waals surface area contributed by atoms with E-state index in [2.05, 4.69) is 10.3 Å². The van der Waals surface area contributed by atoms with E-state index in [1.165, 1.54) is 19.2 Å². The third-order valence-corrected chi connectivity index (χ3v) is 5.47. The van der Waals surface area contributed by atoms with Gasteiger partial charge in [0.05, 0.1) is 13.5 Å². The van der Waals surface area contributed by atoms with Crippen molar-refractivity contribution in [2.75, 3.05) is 13.4 Å². The van der Waals surface area contributed by atoms with Crippen molar-refractivity contribution in [3.8, 4) is 0 Å². The monoisotopic (exact) mass is 385 g/mol. The molecule has 27 heavy (non-hydrogen) atoms. The molecule has 3 rings (SSSR count). The maximum atomic E-state index is 13.8. The predicted octanol–water partition coefficient (Wildman–Crippen LogP) is 3.96. The summed E-state index contributed by atoms with van der Waals surface area (Å²) in [6.45, 7) is 1.93. The van der Waals surface area contributed by atoms with E-state index >= 15 is 0 Å². The van der Waals surface area contributed by atoms with Crippen molar-refractivity contribution in [2.24, 2.45) is 0 Å². The number of nitrogens with one attached hydrogen (secondary N) is 1. The maximum absolute atomic E-state index is 13.8. The van der Waals surface area contributed by atoms with Gasteiger partial charge in [0.15, 0.2) is 0 Å². The van der Waals surface area contributed by atoms with Gasteiger partial charge in [-0.3, -0.25) is 13.8 Å². The van der Waals surface area contributed by atoms with Crippen LogP contribution in [-0.4, -0.2) is 23.5 Å². The number of carbonyl (C=O) groups excluding carboxylic acids is 1. The molecule has 2 aromatic rings. The van der Waals surface area contributed by atoms with Gasteiger partial charge in [0.1, 0.15) is 5.82 Å². The number of fused-ring (bicyclic) bond motifs is 1. The molecule has 0 spiro atoms. The molecular weight excluding hydrogens is 365 g/mol. The maximum Gasteiger partial charge on any atom is 0.247 e. The zero-order valence-electron chi connectivity index (χ0n) is 15.3. The third kappa shape index (κ3) is 4.07. The molecule has 0 fully saturated rings. The Morgan fingerprint density at radius 3 is 2.52 bits per heavy atom. The SMILES string of the molecule is CONC(=O)CC1=C(C)/C(=C/c2ccc(S(C)=O)cc2)c2ccc(F)cc21. The smallest absolute Gasteiger partial charge is 0.247 e. The van der Waals surface area contributed by atoms with E-state index in [1.54, 1.807) is 12.3 Å². The lowest BCUT2D eigenvalue weighted by atomic mass is 10.0. The molecule has 0 saturated heterocycles. The van der Waals surface area contributed by atoms with Gasteiger partial charge in [-0.15, -0.1) is 0 Å². The van der Waals surface area contributed by atoms with Crippen LogP contribution in [0.15, 0.2) is 52.9 Å². The summed E-state index contributed by atoms with van der Waals surface area (Å²) in [4.78, 5) is 17.4. The first-order valence-electron chi connectivity index (χ1n) is 8.38. The van der Waals surface area contributed by atoms with Crippen LogP contribution in [-0.2, 0) is 20.4 Å². The van der Waals surface area contributed by atoms with Crippen molar-refractivity contribution in [3.63, 3.8) is 0 Å². The first kappa shape index (κ1) is 19.2. The minimum Gasteiger partial charge on any atom is -0.277 e. The number of halogens is 1. The highest BCUT2D eigenvalue weighted by atomic mass is 32.2. The quantitative estimate of drug-likeness (QED) is 0.793. The van der Waals surface area contributed by atoms with Crippen molar-refractivity contribution in [1.82, 2.24) is 5.48 Å². The van der Waals surface area contributed by atoms with Crippen molar-refractivity contribution in [2.45, 2.75) is 18.2 Å². The van der Waals surface area contributed by atoms with Crippen LogP contribution in [0.5, 0.6) is 0 Å². The molecule has 1 N–H and O–H groups in total. The van der Waals surface area contributed by atoms with Crippen LogP contribution >= 0.6 is 0 Å². The van der Waals surface area contributed by atoms with Gasteiger partial charge in [-0.1, -0.05) is 18.2 Å². The van der Waals surface area contributed by atoms with Crippen LogP contribution in [0.2, 0.25) is 0 Å². The van der Waals surface area contributed by atoms with E-state index in [9.17, 15) is 13.4 Å². The van der Waals surface area contributed by atoms with Gasteiger partial charge in [0.25, 0.3) is 0 Å². The summed E-state index contributed by atoms with van der Waals surface area (Å²) in [5.74, 6) is -0.639. The third-order valence-electron chi connectivity index (χ3n) is 4.53. The second kappa shape index (κ2) is 7.98. The Morgan fingerprint density at radius 2 is 1.89 bits per heavy atom. The van der Waals surface area contributed by atoms with Crippen molar-refractivity contribution in [3.05, 3.63) is 70.5 Å². The lowest BCUT2D eigenvalue weighted by Gasteiger charge is -2.06. The Hall–Kier alpha value is -2.57. The molecule has 1 aliphatic carbocycles. The molecule has 1 amide bonds. The number of benzene rings is 2. The van der Waals surface area contributed by atoms with E-state index in [0.717, 1.165) is 38.3 Å². The van der Waals surface area contributed by atoms with Gasteiger partial charge in [-0.05, 0) is 70.7 Å². The van der Waals surface area contributed by atoms with E-state index in [-0.39, 0.29) is 18.1 Å². The van der Waals surface area contributed by atoms with E-state index in [4.69, 9.17) is 0 Å². The zero-order chi connectivity index (χ0) is 19.6. The molecule has 6 heteroatoms. The number of allylic oxidation sites excluding steroid dienone is 2. The molecule has 1 unspecified atom stereocenters. The number of hydrogen-bond donors (Lipinski definition) is 1. The lowest BCUT2D eigenvalue weighted by molar-refractivity contribution is -0.130. The summed E-state index contributed by atoms with van der Waals surface area (Å²) in [5.41, 5.74) is 7.49. The van der Waals surface area contributed by atoms with E-state index in [1.807, 2.05) is 37.3 Å². The first-order valence-corrected chi connectivity index (χ1v) is 9.94. The summed E-state index contributed by atoms with van der Waals surface area (Å²) in [6.07, 6.45) is 3.73. The summed E-state index contributed by atoms with van der Waals surface area (Å²) < 4.78 is 25.4. The molecule has 0 bridgehead atoms. The van der Waals surface area contributed by atoms with Gasteiger partial charge in [-0.2, -0.15) is 0 Å². The minimum atomic E-state index is -1.03. The fourth-order valence-electron chi connectivity index (χ4n) is 3.21. The zero-order valence-corrected chi connectivity index (χ0v) is 16.2. The van der Waals surface area contributed by atoms with Crippen LogP contribution in [0, 0.1) is 5.82 Å². The van der Waals surface area contributed by atoms with Crippen molar-refractivity contribution in [1.29, 1.82) is 0 Å². The van der Waals surface area contributed by atoms with Crippen LogP contribution in [0.25, 0.3) is 17.2 Å². The average Bonchev–Trinajstić information content (AvgIpc) is 2.87. The van der Waals surface area contributed by atoms with Gasteiger partial charge >= 0.3 is 0 Å². The van der Waals surface area contributed by atoms with Crippen LogP contribution in [0.3, 0.4) is 0 Å². The molecule has 140 valence electrons. The summed E-state index contributed by atoms with van der Waals surface area (Å²) in [6, 6.07) is 12.1. The topological polar surface area (TPSA) is 55.4 Å². The Bertz CT molecular complexity index is 977. The molecule has 4 nitrogen and oxygen atoms in total. The average molecular weight is 385 g/mol. The highest BCUT2D eigenvalue weighted by molar-refractivity contribution is 7.84. The lowest BCUT2D eigenvalue weighted by Crippen LogP contribution is -2.21. The molecule has 1 aliphatic rings. The van der Waals surface area contributed by atoms with Crippen LogP contribution in [0.1, 0.15) is 30.0 Å². The Balaban J connectivity index is 2.05. The highest BCUT2D eigenvalue weighted by Crippen LogP contribution is 2.43. The Kier molecular flexibility index (Phi) is 5.68. The summed E-state index contributed by atoms with van der Waals surface area (Å²) in [7, 11) is 0.345. The molecule has 2 aromatic carbocycles. The van der Waals surface area contributed by atoms with Crippen molar-refractivity contribution >= 4 is 33.9 Å². The molecular formula is C21H20FNO3S. The highest BCUT2D eigenvalue weighted by Gasteiger charge is 2.25. The number of amides is 1. The molecule has 0 aliphatic heterocycles. The number of hydroxylamine groups is 1. The minimum absolute atomic E-state index is 0.0984. The van der Waals surface area contributed by atoms with E-state index in [0.29, 0.717) is 0 Å².